The number of hydrogen-bond donors (Lipinski definition) is 3. The molecular formula is C7H8BrNO3. The van der Waals surface area contributed by atoms with Crippen LogP contribution in [0.3, 0.4) is 0 Å². The van der Waals surface area contributed by atoms with Crippen LogP contribution in [0.5, 0.6) is 0 Å². The van der Waals surface area contributed by atoms with Gasteiger partial charge in [0.25, 0.3) is 0 Å². The predicted octanol–water partition coefficient (Wildman–Crippen LogP) is 0.183. The summed E-state index contributed by atoms with van der Waals surface area (Å²) in [6.45, 7) is 0. The molecule has 0 aliphatic heterocycles. The summed E-state index contributed by atoms with van der Waals surface area (Å²) in [6.07, 6.45) is 4.11. The van der Waals surface area contributed by atoms with Crippen LogP contribution in [0.4, 0.5) is 0 Å². The van der Waals surface area contributed by atoms with Gasteiger partial charge in [-0.15, -0.1) is 0 Å². The van der Waals surface area contributed by atoms with Gasteiger partial charge in [-0.25, -0.2) is 0 Å². The van der Waals surface area contributed by atoms with Crippen molar-refractivity contribution in [2.75, 3.05) is 0 Å². The number of rotatable bonds is 1. The predicted molar refractivity (Wildman–Crippen MR) is 46.4 cm³/mol. The Kier molecular flexibility index (Phi) is 2.36. The first-order valence-electron chi connectivity index (χ1n) is 3.24. The van der Waals surface area contributed by atoms with Gasteiger partial charge in [0.15, 0.2) is 0 Å². The fraction of sp³-hybridized carbons (Fsp3) is 0.286. The van der Waals surface area contributed by atoms with Crippen molar-refractivity contribution in [2.45, 2.75) is 5.72 Å². The molecule has 0 spiro atoms. The maximum Gasteiger partial charge on any atom is 0.315 e. The van der Waals surface area contributed by atoms with Crippen LogP contribution in [0, 0.1) is 5.92 Å². The minimum atomic E-state index is -1.79. The van der Waals surface area contributed by atoms with Gasteiger partial charge >= 0.3 is 5.97 Å². The molecule has 2 unspecified atom stereocenters. The Labute approximate surface area is 77.5 Å². The average Bonchev–Trinajstić information content (AvgIpc) is 1.94. The Morgan fingerprint density at radius 2 is 2.33 bits per heavy atom. The second-order valence-corrected chi connectivity index (χ2v) is 3.50. The summed E-state index contributed by atoms with van der Waals surface area (Å²) in [5.41, 5.74) is 3.52. The third-order valence-corrected chi connectivity index (χ3v) is 2.13. The molecule has 4 N–H and O–H groups in total. The molecule has 0 saturated heterocycles. The van der Waals surface area contributed by atoms with Gasteiger partial charge in [0, 0.05) is 4.48 Å². The lowest BCUT2D eigenvalue weighted by Crippen LogP contribution is -2.48. The van der Waals surface area contributed by atoms with Gasteiger partial charge < -0.3 is 10.2 Å². The highest BCUT2D eigenvalue weighted by Gasteiger charge is 2.36. The van der Waals surface area contributed by atoms with Crippen molar-refractivity contribution in [3.63, 3.8) is 0 Å². The number of carboxylic acids is 1. The monoisotopic (exact) mass is 233 g/mol. The van der Waals surface area contributed by atoms with Crippen molar-refractivity contribution >= 4 is 21.9 Å². The topological polar surface area (TPSA) is 83.5 Å². The van der Waals surface area contributed by atoms with Gasteiger partial charge in [-0.1, -0.05) is 22.0 Å². The van der Waals surface area contributed by atoms with E-state index in [2.05, 4.69) is 15.9 Å². The quantitative estimate of drug-likeness (QED) is 0.565. The Bertz CT molecular complexity index is 270. The smallest absolute Gasteiger partial charge is 0.315 e. The van der Waals surface area contributed by atoms with E-state index in [9.17, 15) is 9.90 Å². The Balaban J connectivity index is 2.98. The Hall–Kier alpha value is -0.650. The minimum Gasteiger partial charge on any atom is -0.481 e. The SMILES string of the molecule is NC1(O)C=CC(Br)=CC1C(=O)O. The molecule has 0 bridgehead atoms. The summed E-state index contributed by atoms with van der Waals surface area (Å²) in [5.74, 6) is -2.25. The number of aliphatic carboxylic acids is 1. The van der Waals surface area contributed by atoms with E-state index in [0.29, 0.717) is 4.48 Å². The lowest BCUT2D eigenvalue weighted by molar-refractivity contribution is -0.146. The number of allylic oxidation sites excluding steroid dienone is 2. The maximum absolute atomic E-state index is 10.6. The average molecular weight is 234 g/mol. The fourth-order valence-corrected chi connectivity index (χ4v) is 1.33. The number of aliphatic hydroxyl groups is 1. The Morgan fingerprint density at radius 3 is 2.75 bits per heavy atom. The number of carbonyl (C=O) groups is 1. The van der Waals surface area contributed by atoms with Crippen LogP contribution < -0.4 is 5.73 Å². The summed E-state index contributed by atoms with van der Waals surface area (Å²) in [5, 5.41) is 18.0. The zero-order valence-electron chi connectivity index (χ0n) is 6.07. The van der Waals surface area contributed by atoms with Crippen LogP contribution in [0.2, 0.25) is 0 Å². The zero-order chi connectivity index (χ0) is 9.35. The second-order valence-electron chi connectivity index (χ2n) is 2.59. The van der Waals surface area contributed by atoms with Crippen molar-refractivity contribution in [1.29, 1.82) is 0 Å². The van der Waals surface area contributed by atoms with E-state index in [-0.39, 0.29) is 0 Å². The first-order chi connectivity index (χ1) is 5.43. The molecular weight excluding hydrogens is 226 g/mol. The van der Waals surface area contributed by atoms with Crippen LogP contribution in [-0.2, 0) is 4.79 Å². The highest BCUT2D eigenvalue weighted by Crippen LogP contribution is 2.25. The molecule has 5 heteroatoms. The summed E-state index contributed by atoms with van der Waals surface area (Å²) in [6, 6.07) is 0. The molecule has 2 atom stereocenters. The summed E-state index contributed by atoms with van der Waals surface area (Å²) >= 11 is 3.09. The highest BCUT2D eigenvalue weighted by molar-refractivity contribution is 9.11. The molecule has 0 radical (unpaired) electrons. The van der Waals surface area contributed by atoms with Crippen LogP contribution >= 0.6 is 15.9 Å². The first kappa shape index (κ1) is 9.44. The van der Waals surface area contributed by atoms with E-state index >= 15 is 0 Å². The lowest BCUT2D eigenvalue weighted by Gasteiger charge is -2.26. The van der Waals surface area contributed by atoms with Gasteiger partial charge in [0.05, 0.1) is 0 Å². The molecule has 0 amide bonds. The molecule has 12 heavy (non-hydrogen) atoms. The van der Waals surface area contributed by atoms with E-state index in [1.165, 1.54) is 18.2 Å². The van der Waals surface area contributed by atoms with Crippen LogP contribution in [0.25, 0.3) is 0 Å². The van der Waals surface area contributed by atoms with Gasteiger partial charge in [-0.05, 0) is 12.2 Å². The van der Waals surface area contributed by atoms with Crippen LogP contribution in [0.1, 0.15) is 0 Å². The van der Waals surface area contributed by atoms with Crippen molar-refractivity contribution in [3.8, 4) is 0 Å². The fourth-order valence-electron chi connectivity index (χ4n) is 0.934. The minimum absolute atomic E-state index is 0.602. The summed E-state index contributed by atoms with van der Waals surface area (Å²) in [7, 11) is 0. The van der Waals surface area contributed by atoms with Gasteiger partial charge in [-0.3, -0.25) is 10.5 Å². The number of halogens is 1. The molecule has 1 aliphatic carbocycles. The third kappa shape index (κ3) is 1.74. The number of nitrogens with two attached hydrogens (primary N) is 1. The lowest BCUT2D eigenvalue weighted by atomic mass is 9.92. The van der Waals surface area contributed by atoms with Gasteiger partial charge in [-0.2, -0.15) is 0 Å². The molecule has 0 heterocycles. The molecule has 0 saturated carbocycles. The van der Waals surface area contributed by atoms with Crippen molar-refractivity contribution in [1.82, 2.24) is 0 Å². The largest absolute Gasteiger partial charge is 0.481 e. The number of carboxylic acid groups (broad SMARTS) is 1. The first-order valence-corrected chi connectivity index (χ1v) is 4.03. The van der Waals surface area contributed by atoms with Gasteiger partial charge in [0.1, 0.15) is 11.6 Å². The molecule has 0 aromatic rings. The molecule has 66 valence electrons. The van der Waals surface area contributed by atoms with Gasteiger partial charge in [0.2, 0.25) is 0 Å². The standard InChI is InChI=1S/C7H8BrNO3/c8-4-1-2-7(9,12)5(3-4)6(10)11/h1-3,5,12H,9H2,(H,10,11). The molecule has 1 aliphatic rings. The summed E-state index contributed by atoms with van der Waals surface area (Å²) in [4.78, 5) is 10.6. The normalized spacial score (nSPS) is 34.6. The van der Waals surface area contributed by atoms with Crippen molar-refractivity contribution < 1.29 is 15.0 Å². The zero-order valence-corrected chi connectivity index (χ0v) is 7.65. The molecule has 4 nitrogen and oxygen atoms in total. The van der Waals surface area contributed by atoms with E-state index in [0.717, 1.165) is 0 Å². The van der Waals surface area contributed by atoms with Crippen LogP contribution in [-0.4, -0.2) is 21.9 Å². The number of hydrogen-bond acceptors (Lipinski definition) is 3. The van der Waals surface area contributed by atoms with E-state index < -0.39 is 17.6 Å². The molecule has 1 rings (SSSR count). The van der Waals surface area contributed by atoms with E-state index in [1.54, 1.807) is 0 Å². The summed E-state index contributed by atoms with van der Waals surface area (Å²) < 4.78 is 0.602. The van der Waals surface area contributed by atoms with E-state index in [1.807, 2.05) is 0 Å². The van der Waals surface area contributed by atoms with Crippen molar-refractivity contribution in [3.05, 3.63) is 22.7 Å². The maximum atomic E-state index is 10.6. The molecule has 0 aromatic heterocycles. The second kappa shape index (κ2) is 3.01. The molecule has 0 fully saturated rings. The highest BCUT2D eigenvalue weighted by atomic mass is 79.9. The third-order valence-electron chi connectivity index (χ3n) is 1.60. The van der Waals surface area contributed by atoms with Crippen LogP contribution in [0.15, 0.2) is 22.7 Å². The van der Waals surface area contributed by atoms with E-state index in [4.69, 9.17) is 10.8 Å². The van der Waals surface area contributed by atoms with Crippen molar-refractivity contribution in [2.24, 2.45) is 11.7 Å². The molecule has 0 aromatic carbocycles. The Morgan fingerprint density at radius 1 is 1.75 bits per heavy atom.